The van der Waals surface area contributed by atoms with Gasteiger partial charge in [0.05, 0.1) is 0 Å². The number of benzene rings is 13. The molecule has 12 atom stereocenters. The molecule has 18 nitrogen and oxygen atoms in total. The molecule has 0 bridgehead atoms. The Balaban J connectivity index is 0.746. The monoisotopic (exact) mass is 1840 g/mol. The molecule has 0 aliphatic carbocycles. The van der Waals surface area contributed by atoms with E-state index in [1.807, 2.05) is 255 Å². The van der Waals surface area contributed by atoms with Crippen molar-refractivity contribution in [3.8, 4) is 34.5 Å². The van der Waals surface area contributed by atoms with Gasteiger partial charge in [-0.1, -0.05) is 182 Å². The van der Waals surface area contributed by atoms with Crippen LogP contribution in [0.15, 0.2) is 328 Å². The summed E-state index contributed by atoms with van der Waals surface area (Å²) in [7, 11) is 12.4. The number of likely N-dealkylation sites (N-methyl/N-ethyl adjacent to an activating group) is 6. The highest BCUT2D eigenvalue weighted by molar-refractivity contribution is 6.02. The highest BCUT2D eigenvalue weighted by atomic mass is 16.5. The first-order valence-corrected chi connectivity index (χ1v) is 48.5. The maximum atomic E-state index is 15.0. The van der Waals surface area contributed by atoms with Crippen molar-refractivity contribution in [1.29, 1.82) is 0 Å². The fraction of sp³-hybridized carbons (Fsp3) is 0.300. The summed E-state index contributed by atoms with van der Waals surface area (Å²) in [6.07, 6.45) is 0. The first-order chi connectivity index (χ1) is 67.3. The zero-order valence-electron chi connectivity index (χ0n) is 79.4. The average molecular weight is 1840 g/mol. The molecular weight excluding hydrogens is 1720 g/mol. The molecule has 6 fully saturated rings. The van der Waals surface area contributed by atoms with E-state index in [-0.39, 0.29) is 145 Å². The van der Waals surface area contributed by atoms with E-state index in [2.05, 4.69) is 144 Å². The van der Waals surface area contributed by atoms with Gasteiger partial charge in [-0.2, -0.15) is 0 Å². The van der Waals surface area contributed by atoms with E-state index in [0.717, 1.165) is 72.6 Å². The van der Waals surface area contributed by atoms with Gasteiger partial charge in [-0.05, 0) is 221 Å². The fourth-order valence-electron chi connectivity index (χ4n) is 22.5. The van der Waals surface area contributed by atoms with E-state index in [9.17, 15) is 28.8 Å². The molecular formula is C120H120N6O12. The standard InChI is InChI=1S/C120H120N6O12/c1-121-61-97(79-25-13-7-14-26-79)103(67-121)115(127)85-37-49-91(50-38-85)133-73-109-110(74-134-92-51-39-86(40-52-92)116(128)104-68-122(2)62-98(104)80-27-15-8-16-28-80)112(76-136-94-55-43-88(44-56-94)118(130)106-70-124(4)64-100(106)82-31-19-10-20-32-82)114(78-138-96-59-47-90(48-60-96)120(132)108-72-126(6)66-102(108)84-35-23-12-24-36-84)113(77-137-95-57-45-89(46-58-95)119(131)107-71-125(5)65-101(107)83-33-21-11-22-34-83)111(109)75-135-93-53-41-87(42-54-93)117(129)105-69-123(3)63-99(105)81-29-17-9-18-30-81/h7-60,97-108H,61-78H2,1-6H3/t97-,98-,99-,100-,101-,102-,103+,104+,105+,106+,107+,108+/m0/s1. The number of ketones is 6. The van der Waals surface area contributed by atoms with Crippen LogP contribution < -0.4 is 28.4 Å². The van der Waals surface area contributed by atoms with Gasteiger partial charge in [-0.25, -0.2) is 0 Å². The Kier molecular flexibility index (Phi) is 28.8. The van der Waals surface area contributed by atoms with Crippen molar-refractivity contribution >= 4 is 34.7 Å². The molecule has 0 radical (unpaired) electrons. The smallest absolute Gasteiger partial charge is 0.167 e. The Morgan fingerprint density at radius 3 is 0.428 bits per heavy atom. The Bertz CT molecular complexity index is 5380. The lowest BCUT2D eigenvalue weighted by Crippen LogP contribution is -2.23. The van der Waals surface area contributed by atoms with Gasteiger partial charge in [0.2, 0.25) is 0 Å². The SMILES string of the molecule is CN1C[C@@H](C(=O)c2ccc(OCc3c(COc4ccc(C(=O)[C@@H]5CN(C)C[C@H]5c5ccccc5)cc4)c(COc4ccc(C(=O)[C@@H]5CN(C)C[C@H]5c5ccccc5)cc4)c(COc4ccc(C(=O)[C@@H]5CN(C)C[C@H]5c5ccccc5)cc4)c(COc4ccc(C(=O)[C@@H]5CN(C)C[C@H]5c5ccccc5)cc4)c3COc3ccc(C(=O)[C@@H]4CN(C)C[C@H]4c4ccccc4)cc3)cc2)[C@H](c2ccccc2)C1. The molecule has 13 aromatic carbocycles. The topological polar surface area (TPSA) is 177 Å². The average Bonchev–Trinajstić information content (AvgIpc) is 1.10. The molecule has 6 saturated heterocycles. The number of rotatable bonds is 36. The van der Waals surface area contributed by atoms with Crippen LogP contribution in [-0.4, -0.2) is 185 Å². The minimum Gasteiger partial charge on any atom is -0.489 e. The van der Waals surface area contributed by atoms with Crippen LogP contribution in [0.5, 0.6) is 34.5 Å². The van der Waals surface area contributed by atoms with Crippen molar-refractivity contribution in [3.63, 3.8) is 0 Å². The number of hydrogen-bond donors (Lipinski definition) is 0. The van der Waals surface area contributed by atoms with Crippen LogP contribution in [0.1, 0.15) is 164 Å². The first kappa shape index (κ1) is 93.5. The number of hydrogen-bond acceptors (Lipinski definition) is 18. The van der Waals surface area contributed by atoms with E-state index >= 15 is 0 Å². The molecule has 0 saturated carbocycles. The lowest BCUT2D eigenvalue weighted by atomic mass is 9.84. The maximum absolute atomic E-state index is 15.0. The molecule has 0 aromatic heterocycles. The second-order valence-electron chi connectivity index (χ2n) is 39.0. The minimum atomic E-state index is -0.283. The van der Waals surface area contributed by atoms with Gasteiger partial charge in [-0.15, -0.1) is 0 Å². The molecule has 0 spiro atoms. The quantitative estimate of drug-likeness (QED) is 0.0338. The Morgan fingerprint density at radius 2 is 0.304 bits per heavy atom. The molecule has 19 rings (SSSR count). The van der Waals surface area contributed by atoms with E-state index < -0.39 is 0 Å². The highest BCUT2D eigenvalue weighted by Gasteiger charge is 2.44. The third kappa shape index (κ3) is 21.1. The van der Waals surface area contributed by atoms with E-state index in [1.165, 1.54) is 0 Å². The van der Waals surface area contributed by atoms with Crippen molar-refractivity contribution in [3.05, 3.63) is 428 Å². The van der Waals surface area contributed by atoms with Gasteiger partial charge >= 0.3 is 0 Å². The summed E-state index contributed by atoms with van der Waals surface area (Å²) in [5, 5.41) is 0. The summed E-state index contributed by atoms with van der Waals surface area (Å²) < 4.78 is 43.5. The number of ether oxygens (including phenoxy) is 6. The molecule has 702 valence electrons. The van der Waals surface area contributed by atoms with Crippen LogP contribution in [0.4, 0.5) is 0 Å². The van der Waals surface area contributed by atoms with Gasteiger partial charge in [0, 0.05) is 216 Å². The predicted octanol–water partition coefficient (Wildman–Crippen LogP) is 20.3. The van der Waals surface area contributed by atoms with Crippen LogP contribution in [0.2, 0.25) is 0 Å². The second-order valence-corrected chi connectivity index (χ2v) is 39.0. The Hall–Kier alpha value is -13.6. The van der Waals surface area contributed by atoms with Gasteiger partial charge < -0.3 is 57.8 Å². The number of Topliss-reactive ketones (excluding diaryl/α,β-unsaturated/α-hetero) is 6. The second kappa shape index (κ2) is 42.6. The van der Waals surface area contributed by atoms with Crippen LogP contribution in [-0.2, 0) is 39.6 Å². The molecule has 6 aliphatic rings. The van der Waals surface area contributed by atoms with Crippen LogP contribution in [0.3, 0.4) is 0 Å². The zero-order chi connectivity index (χ0) is 94.9. The normalized spacial score (nSPS) is 22.0. The summed E-state index contributed by atoms with van der Waals surface area (Å²) in [6, 6.07) is 106. The summed E-state index contributed by atoms with van der Waals surface area (Å²) in [5.74, 6) is 1.43. The molecule has 18 heteroatoms. The lowest BCUT2D eigenvalue weighted by Gasteiger charge is -2.28. The number of carbonyl (C=O) groups is 6. The van der Waals surface area contributed by atoms with E-state index in [0.29, 0.717) is 141 Å². The summed E-state index contributed by atoms with van der Waals surface area (Å²) in [5.41, 5.74) is 14.0. The highest BCUT2D eigenvalue weighted by Crippen LogP contribution is 2.44. The third-order valence-corrected chi connectivity index (χ3v) is 29.7. The lowest BCUT2D eigenvalue weighted by molar-refractivity contribution is 0.0908. The first-order valence-electron chi connectivity index (χ1n) is 48.5. The van der Waals surface area contributed by atoms with Gasteiger partial charge in [0.1, 0.15) is 74.1 Å². The summed E-state index contributed by atoms with van der Waals surface area (Å²) in [6.45, 7) is 7.45. The van der Waals surface area contributed by atoms with Crippen molar-refractivity contribution in [2.45, 2.75) is 75.1 Å². The minimum absolute atomic E-state index is 0.00114. The molecule has 13 aromatic rings. The number of carbonyl (C=O) groups excluding carboxylic acids is 6. The third-order valence-electron chi connectivity index (χ3n) is 29.7. The molecule has 138 heavy (non-hydrogen) atoms. The molecule has 0 amide bonds. The van der Waals surface area contributed by atoms with Crippen molar-refractivity contribution in [1.82, 2.24) is 29.4 Å². The predicted molar refractivity (Wildman–Crippen MR) is 538 cm³/mol. The summed E-state index contributed by atoms with van der Waals surface area (Å²) >= 11 is 0. The van der Waals surface area contributed by atoms with Crippen LogP contribution >= 0.6 is 0 Å². The molecule has 6 heterocycles. The maximum Gasteiger partial charge on any atom is 0.167 e. The van der Waals surface area contributed by atoms with Crippen molar-refractivity contribution in [2.24, 2.45) is 35.5 Å². The molecule has 0 unspecified atom stereocenters. The van der Waals surface area contributed by atoms with Gasteiger partial charge in [0.15, 0.2) is 34.7 Å². The molecule has 6 aliphatic heterocycles. The zero-order valence-corrected chi connectivity index (χ0v) is 79.4. The number of nitrogens with zero attached hydrogens (tertiary/aromatic N) is 6. The molecule has 0 N–H and O–H groups in total. The van der Waals surface area contributed by atoms with Crippen molar-refractivity contribution < 1.29 is 57.2 Å². The van der Waals surface area contributed by atoms with E-state index in [1.54, 1.807) is 0 Å². The summed E-state index contributed by atoms with van der Waals surface area (Å²) in [4.78, 5) is 103. The van der Waals surface area contributed by atoms with Crippen LogP contribution in [0.25, 0.3) is 0 Å². The van der Waals surface area contributed by atoms with Gasteiger partial charge in [0.25, 0.3) is 0 Å². The van der Waals surface area contributed by atoms with E-state index in [4.69, 9.17) is 28.4 Å². The largest absolute Gasteiger partial charge is 0.489 e. The fourth-order valence-corrected chi connectivity index (χ4v) is 22.5. The number of likely N-dealkylation sites (tertiary alicyclic amines) is 6. The Morgan fingerprint density at radius 1 is 0.181 bits per heavy atom. The van der Waals surface area contributed by atoms with Crippen molar-refractivity contribution in [2.75, 3.05) is 121 Å². The Labute approximate surface area is 810 Å². The van der Waals surface area contributed by atoms with Crippen LogP contribution in [0, 0.1) is 35.5 Å². The van der Waals surface area contributed by atoms with Gasteiger partial charge in [-0.3, -0.25) is 28.8 Å².